The summed E-state index contributed by atoms with van der Waals surface area (Å²) in [5.41, 5.74) is 4.05. The zero-order chi connectivity index (χ0) is 16.8. The Bertz CT molecular complexity index is 752. The topological polar surface area (TPSA) is 62.7 Å². The second kappa shape index (κ2) is 7.55. The first kappa shape index (κ1) is 15.9. The Morgan fingerprint density at radius 2 is 1.58 bits per heavy atom. The molecule has 122 valence electrons. The molecule has 0 saturated heterocycles. The van der Waals surface area contributed by atoms with Crippen molar-refractivity contribution < 1.29 is 0 Å². The van der Waals surface area contributed by atoms with Crippen molar-refractivity contribution in [2.45, 2.75) is 20.3 Å². The second-order valence-electron chi connectivity index (χ2n) is 6.08. The van der Waals surface area contributed by atoms with Gasteiger partial charge in [0, 0.05) is 11.9 Å². The maximum atomic E-state index is 4.34. The van der Waals surface area contributed by atoms with E-state index in [1.165, 1.54) is 5.56 Å². The molecule has 3 rings (SSSR count). The molecule has 0 aliphatic heterocycles. The van der Waals surface area contributed by atoms with Gasteiger partial charge in [-0.25, -0.2) is 9.97 Å². The summed E-state index contributed by atoms with van der Waals surface area (Å²) in [4.78, 5) is 12.7. The second-order valence-corrected chi connectivity index (χ2v) is 6.08. The van der Waals surface area contributed by atoms with Crippen molar-refractivity contribution in [2.75, 3.05) is 10.6 Å². The van der Waals surface area contributed by atoms with Crippen molar-refractivity contribution in [2.24, 2.45) is 5.92 Å². The smallest absolute Gasteiger partial charge is 0.227 e. The minimum Gasteiger partial charge on any atom is -0.352 e. The van der Waals surface area contributed by atoms with Gasteiger partial charge in [-0.3, -0.25) is 4.98 Å². The van der Waals surface area contributed by atoms with E-state index in [0.717, 1.165) is 23.5 Å². The van der Waals surface area contributed by atoms with Gasteiger partial charge in [0.15, 0.2) is 0 Å². The van der Waals surface area contributed by atoms with Gasteiger partial charge >= 0.3 is 0 Å². The van der Waals surface area contributed by atoms with Crippen molar-refractivity contribution in [3.63, 3.8) is 0 Å². The minimum atomic E-state index is 0.573. The van der Waals surface area contributed by atoms with Gasteiger partial charge in [0.2, 0.25) is 5.95 Å². The van der Waals surface area contributed by atoms with Crippen molar-refractivity contribution >= 4 is 23.0 Å². The van der Waals surface area contributed by atoms with Gasteiger partial charge in [-0.2, -0.15) is 0 Å². The van der Waals surface area contributed by atoms with Crippen LogP contribution < -0.4 is 10.6 Å². The maximum Gasteiger partial charge on any atom is 0.227 e. The van der Waals surface area contributed by atoms with E-state index in [1.807, 2.05) is 12.1 Å². The predicted octanol–water partition coefficient (Wildman–Crippen LogP) is 4.56. The molecule has 1 aromatic carbocycles. The van der Waals surface area contributed by atoms with Crippen LogP contribution in [0.2, 0.25) is 0 Å². The lowest BCUT2D eigenvalue weighted by Crippen LogP contribution is -1.99. The van der Waals surface area contributed by atoms with Crippen LogP contribution in [-0.4, -0.2) is 15.0 Å². The van der Waals surface area contributed by atoms with E-state index in [4.69, 9.17) is 0 Å². The van der Waals surface area contributed by atoms with Crippen LogP contribution in [0.4, 0.5) is 23.0 Å². The fraction of sp³-hybridized carbons (Fsp3) is 0.211. The molecule has 3 aromatic rings. The molecule has 0 fully saturated rings. The van der Waals surface area contributed by atoms with Crippen molar-refractivity contribution in [1.29, 1.82) is 0 Å². The van der Waals surface area contributed by atoms with Gasteiger partial charge in [0.05, 0.1) is 30.0 Å². The van der Waals surface area contributed by atoms with Crippen molar-refractivity contribution in [1.82, 2.24) is 15.0 Å². The van der Waals surface area contributed by atoms with E-state index in [-0.39, 0.29) is 0 Å². The van der Waals surface area contributed by atoms with E-state index >= 15 is 0 Å². The molecule has 0 spiro atoms. The average molecular weight is 319 g/mol. The summed E-state index contributed by atoms with van der Waals surface area (Å²) in [7, 11) is 0. The monoisotopic (exact) mass is 319 g/mol. The maximum absolute atomic E-state index is 4.34. The van der Waals surface area contributed by atoms with E-state index in [1.54, 1.807) is 24.8 Å². The summed E-state index contributed by atoms with van der Waals surface area (Å²) >= 11 is 0. The first-order valence-corrected chi connectivity index (χ1v) is 8.04. The van der Waals surface area contributed by atoms with Crippen LogP contribution in [0.5, 0.6) is 0 Å². The highest BCUT2D eigenvalue weighted by atomic mass is 15.1. The van der Waals surface area contributed by atoms with Gasteiger partial charge in [-0.05, 0) is 42.2 Å². The molecule has 0 saturated carbocycles. The Hall–Kier alpha value is -2.95. The van der Waals surface area contributed by atoms with Gasteiger partial charge < -0.3 is 10.6 Å². The van der Waals surface area contributed by atoms with Crippen LogP contribution in [0.25, 0.3) is 0 Å². The highest BCUT2D eigenvalue weighted by Crippen LogP contribution is 2.18. The first-order chi connectivity index (χ1) is 11.7. The Morgan fingerprint density at radius 3 is 2.21 bits per heavy atom. The summed E-state index contributed by atoms with van der Waals surface area (Å²) in [5.74, 6) is 1.23. The Labute approximate surface area is 142 Å². The minimum absolute atomic E-state index is 0.573. The number of benzene rings is 1. The number of hydrogen-bond acceptors (Lipinski definition) is 5. The first-order valence-electron chi connectivity index (χ1n) is 8.04. The summed E-state index contributed by atoms with van der Waals surface area (Å²) in [5, 5.41) is 6.42. The molecule has 2 N–H and O–H groups in total. The lowest BCUT2D eigenvalue weighted by Gasteiger charge is -2.09. The van der Waals surface area contributed by atoms with E-state index < -0.39 is 0 Å². The molecule has 0 aliphatic rings. The Kier molecular flexibility index (Phi) is 5.01. The van der Waals surface area contributed by atoms with Crippen LogP contribution >= 0.6 is 0 Å². The molecular formula is C19H21N5. The third-order valence-electron chi connectivity index (χ3n) is 3.46. The van der Waals surface area contributed by atoms with Crippen molar-refractivity contribution in [3.05, 3.63) is 66.7 Å². The fourth-order valence-corrected chi connectivity index (χ4v) is 2.39. The molecule has 2 heterocycles. The largest absolute Gasteiger partial charge is 0.352 e. The van der Waals surface area contributed by atoms with Crippen LogP contribution in [0.15, 0.2) is 61.2 Å². The SMILES string of the molecule is CC(C)Cc1ccc(Nc2ncc(Nc3cccnc3)cn2)cc1. The Balaban J connectivity index is 1.61. The highest BCUT2D eigenvalue weighted by Gasteiger charge is 2.01. The van der Waals surface area contributed by atoms with Crippen LogP contribution in [0.3, 0.4) is 0 Å². The van der Waals surface area contributed by atoms with Gasteiger partial charge in [0.1, 0.15) is 0 Å². The number of nitrogens with zero attached hydrogens (tertiary/aromatic N) is 3. The summed E-state index contributed by atoms with van der Waals surface area (Å²) in [6.07, 6.45) is 8.07. The molecule has 2 aromatic heterocycles. The number of pyridine rings is 1. The van der Waals surface area contributed by atoms with E-state index in [9.17, 15) is 0 Å². The fourth-order valence-electron chi connectivity index (χ4n) is 2.39. The number of anilines is 4. The van der Waals surface area contributed by atoms with Gasteiger partial charge in [-0.1, -0.05) is 26.0 Å². The molecule has 24 heavy (non-hydrogen) atoms. The predicted molar refractivity (Wildman–Crippen MR) is 97.8 cm³/mol. The molecule has 0 aliphatic carbocycles. The molecule has 0 unspecified atom stereocenters. The van der Waals surface area contributed by atoms with E-state index in [0.29, 0.717) is 11.9 Å². The molecule has 0 radical (unpaired) electrons. The molecule has 0 amide bonds. The summed E-state index contributed by atoms with van der Waals surface area (Å²) < 4.78 is 0. The number of aromatic nitrogens is 3. The molecule has 0 bridgehead atoms. The Morgan fingerprint density at radius 1 is 0.833 bits per heavy atom. The van der Waals surface area contributed by atoms with Gasteiger partial charge in [-0.15, -0.1) is 0 Å². The molecule has 5 heteroatoms. The molecule has 0 atom stereocenters. The summed E-state index contributed by atoms with van der Waals surface area (Å²) in [6.45, 7) is 4.45. The zero-order valence-corrected chi connectivity index (χ0v) is 13.9. The molecule has 5 nitrogen and oxygen atoms in total. The normalized spacial score (nSPS) is 10.6. The third-order valence-corrected chi connectivity index (χ3v) is 3.46. The third kappa shape index (κ3) is 4.52. The summed E-state index contributed by atoms with van der Waals surface area (Å²) in [6, 6.07) is 12.2. The zero-order valence-electron chi connectivity index (χ0n) is 13.9. The number of hydrogen-bond donors (Lipinski definition) is 2. The average Bonchev–Trinajstić information content (AvgIpc) is 2.59. The van der Waals surface area contributed by atoms with Gasteiger partial charge in [0.25, 0.3) is 0 Å². The van der Waals surface area contributed by atoms with Crippen LogP contribution in [0, 0.1) is 5.92 Å². The highest BCUT2D eigenvalue weighted by molar-refractivity contribution is 5.59. The number of nitrogens with one attached hydrogen (secondary N) is 2. The lowest BCUT2D eigenvalue weighted by atomic mass is 10.0. The van der Waals surface area contributed by atoms with Crippen LogP contribution in [-0.2, 0) is 6.42 Å². The lowest BCUT2D eigenvalue weighted by molar-refractivity contribution is 0.647. The standard InChI is InChI=1S/C19H21N5/c1-14(2)10-15-5-7-16(8-6-15)24-19-21-12-18(13-22-19)23-17-4-3-9-20-11-17/h3-9,11-14,23H,10H2,1-2H3,(H,21,22,24). The molecular weight excluding hydrogens is 298 g/mol. The van der Waals surface area contributed by atoms with Crippen LogP contribution in [0.1, 0.15) is 19.4 Å². The van der Waals surface area contributed by atoms with E-state index in [2.05, 4.69) is 63.7 Å². The quantitative estimate of drug-likeness (QED) is 0.697. The van der Waals surface area contributed by atoms with Crippen molar-refractivity contribution in [3.8, 4) is 0 Å². The number of rotatable bonds is 6.